The SMILES string of the molecule is COc1cccc(OCCOc2ccc(Cl)cc2C=CC(=O)O)c1. The standard InChI is InChI=1S/C18H17ClO5/c1-22-15-3-2-4-16(12-15)23-9-10-24-17-7-6-14(19)11-13(17)5-8-18(20)21/h2-8,11-12H,9-10H2,1H3,(H,20,21). The van der Waals surface area contributed by atoms with Crippen LogP contribution in [0.3, 0.4) is 0 Å². The maximum atomic E-state index is 10.6. The summed E-state index contributed by atoms with van der Waals surface area (Å²) >= 11 is 5.93. The number of ether oxygens (including phenoxy) is 3. The number of carboxylic acid groups (broad SMARTS) is 1. The van der Waals surface area contributed by atoms with Crippen molar-refractivity contribution in [2.75, 3.05) is 20.3 Å². The van der Waals surface area contributed by atoms with Gasteiger partial charge in [-0.05, 0) is 36.4 Å². The average molecular weight is 349 g/mol. The fourth-order valence-corrected chi connectivity index (χ4v) is 2.12. The summed E-state index contributed by atoms with van der Waals surface area (Å²) in [5.74, 6) is 0.890. The molecule has 0 amide bonds. The Balaban J connectivity index is 1.93. The summed E-state index contributed by atoms with van der Waals surface area (Å²) in [5.41, 5.74) is 0.589. The number of hydrogen-bond acceptors (Lipinski definition) is 4. The van der Waals surface area contributed by atoms with Crippen molar-refractivity contribution < 1.29 is 24.1 Å². The van der Waals surface area contributed by atoms with Crippen LogP contribution in [0.5, 0.6) is 17.2 Å². The minimum Gasteiger partial charge on any atom is -0.497 e. The van der Waals surface area contributed by atoms with Crippen LogP contribution in [0.1, 0.15) is 5.56 Å². The van der Waals surface area contributed by atoms with Crippen molar-refractivity contribution in [3.8, 4) is 17.2 Å². The van der Waals surface area contributed by atoms with Gasteiger partial charge in [-0.3, -0.25) is 0 Å². The third kappa shape index (κ3) is 5.52. The van der Waals surface area contributed by atoms with Gasteiger partial charge < -0.3 is 19.3 Å². The minimum absolute atomic E-state index is 0.298. The van der Waals surface area contributed by atoms with Crippen molar-refractivity contribution >= 4 is 23.6 Å². The summed E-state index contributed by atoms with van der Waals surface area (Å²) in [4.78, 5) is 10.6. The lowest BCUT2D eigenvalue weighted by Gasteiger charge is -2.11. The second-order valence-electron chi connectivity index (χ2n) is 4.73. The number of hydrogen-bond donors (Lipinski definition) is 1. The summed E-state index contributed by atoms with van der Waals surface area (Å²) in [6, 6.07) is 12.3. The third-order valence-corrected chi connectivity index (χ3v) is 3.26. The predicted octanol–water partition coefficient (Wildman–Crippen LogP) is 3.90. The maximum absolute atomic E-state index is 10.6. The fourth-order valence-electron chi connectivity index (χ4n) is 1.94. The van der Waals surface area contributed by atoms with Gasteiger partial charge in [-0.1, -0.05) is 17.7 Å². The second kappa shape index (κ2) is 8.84. The van der Waals surface area contributed by atoms with E-state index in [1.807, 2.05) is 18.2 Å². The molecular formula is C18H17ClO5. The highest BCUT2D eigenvalue weighted by Crippen LogP contribution is 2.24. The molecule has 0 bridgehead atoms. The first-order valence-corrected chi connectivity index (χ1v) is 7.56. The van der Waals surface area contributed by atoms with E-state index in [4.69, 9.17) is 30.9 Å². The molecule has 0 aliphatic heterocycles. The number of benzene rings is 2. The Morgan fingerprint density at radius 3 is 2.62 bits per heavy atom. The van der Waals surface area contributed by atoms with E-state index in [-0.39, 0.29) is 0 Å². The van der Waals surface area contributed by atoms with Crippen molar-refractivity contribution in [2.45, 2.75) is 0 Å². The molecule has 0 fully saturated rings. The topological polar surface area (TPSA) is 65.0 Å². The first-order valence-electron chi connectivity index (χ1n) is 7.18. The van der Waals surface area contributed by atoms with E-state index in [2.05, 4.69) is 0 Å². The molecule has 0 heterocycles. The van der Waals surface area contributed by atoms with Crippen LogP contribution in [-0.2, 0) is 4.79 Å². The van der Waals surface area contributed by atoms with Gasteiger partial charge in [0.05, 0.1) is 7.11 Å². The minimum atomic E-state index is -1.04. The molecule has 0 aliphatic carbocycles. The highest BCUT2D eigenvalue weighted by molar-refractivity contribution is 6.30. The number of rotatable bonds is 8. The van der Waals surface area contributed by atoms with Crippen LogP contribution < -0.4 is 14.2 Å². The molecular weight excluding hydrogens is 332 g/mol. The molecule has 0 spiro atoms. The quantitative estimate of drug-likeness (QED) is 0.579. The second-order valence-corrected chi connectivity index (χ2v) is 5.17. The van der Waals surface area contributed by atoms with Crippen LogP contribution in [0.2, 0.25) is 5.02 Å². The third-order valence-electron chi connectivity index (χ3n) is 3.03. The molecule has 6 heteroatoms. The van der Waals surface area contributed by atoms with Crippen molar-refractivity contribution in [3.05, 3.63) is 59.1 Å². The Labute approximate surface area is 145 Å². The van der Waals surface area contributed by atoms with Crippen LogP contribution in [0, 0.1) is 0 Å². The largest absolute Gasteiger partial charge is 0.497 e. The zero-order valence-electron chi connectivity index (χ0n) is 13.1. The van der Waals surface area contributed by atoms with Crippen LogP contribution in [0.25, 0.3) is 6.08 Å². The first-order chi connectivity index (χ1) is 11.6. The molecule has 0 atom stereocenters. The number of methoxy groups -OCH3 is 1. The van der Waals surface area contributed by atoms with E-state index in [9.17, 15) is 4.79 Å². The van der Waals surface area contributed by atoms with Crippen molar-refractivity contribution in [1.82, 2.24) is 0 Å². The molecule has 24 heavy (non-hydrogen) atoms. The van der Waals surface area contributed by atoms with Gasteiger partial charge in [-0.15, -0.1) is 0 Å². The van der Waals surface area contributed by atoms with Crippen LogP contribution in [0.4, 0.5) is 0 Å². The molecule has 0 aromatic heterocycles. The summed E-state index contributed by atoms with van der Waals surface area (Å²) in [7, 11) is 1.59. The summed E-state index contributed by atoms with van der Waals surface area (Å²) in [6.07, 6.45) is 2.47. The Kier molecular flexibility index (Phi) is 6.51. The lowest BCUT2D eigenvalue weighted by atomic mass is 10.2. The summed E-state index contributed by atoms with van der Waals surface area (Å²) in [6.45, 7) is 0.630. The lowest BCUT2D eigenvalue weighted by Crippen LogP contribution is -2.09. The highest BCUT2D eigenvalue weighted by Gasteiger charge is 2.04. The van der Waals surface area contributed by atoms with Gasteiger partial charge in [-0.2, -0.15) is 0 Å². The van der Waals surface area contributed by atoms with Crippen LogP contribution in [0.15, 0.2) is 48.5 Å². The monoisotopic (exact) mass is 348 g/mol. The Bertz CT molecular complexity index is 727. The molecule has 0 aliphatic rings. The van der Waals surface area contributed by atoms with Gasteiger partial charge in [0.25, 0.3) is 0 Å². The number of carboxylic acids is 1. The number of halogens is 1. The molecule has 0 radical (unpaired) electrons. The van der Waals surface area contributed by atoms with Gasteiger partial charge in [0.15, 0.2) is 0 Å². The molecule has 0 saturated carbocycles. The Morgan fingerprint density at radius 2 is 1.88 bits per heavy atom. The van der Waals surface area contributed by atoms with Gasteiger partial charge in [0, 0.05) is 22.7 Å². The van der Waals surface area contributed by atoms with Crippen molar-refractivity contribution in [2.24, 2.45) is 0 Å². The summed E-state index contributed by atoms with van der Waals surface area (Å²) in [5, 5.41) is 9.23. The zero-order chi connectivity index (χ0) is 17.4. The van der Waals surface area contributed by atoms with E-state index in [0.717, 1.165) is 6.08 Å². The van der Waals surface area contributed by atoms with E-state index in [1.54, 1.807) is 31.4 Å². The highest BCUT2D eigenvalue weighted by atomic mass is 35.5. The van der Waals surface area contributed by atoms with Crippen molar-refractivity contribution in [1.29, 1.82) is 0 Å². The fraction of sp³-hybridized carbons (Fsp3) is 0.167. The Hall–Kier alpha value is -2.66. The van der Waals surface area contributed by atoms with E-state index >= 15 is 0 Å². The Morgan fingerprint density at radius 1 is 1.12 bits per heavy atom. The molecule has 5 nitrogen and oxygen atoms in total. The zero-order valence-corrected chi connectivity index (χ0v) is 13.8. The maximum Gasteiger partial charge on any atom is 0.328 e. The average Bonchev–Trinajstić information content (AvgIpc) is 2.58. The van der Waals surface area contributed by atoms with Gasteiger partial charge in [0.1, 0.15) is 30.5 Å². The van der Waals surface area contributed by atoms with Crippen LogP contribution in [-0.4, -0.2) is 31.4 Å². The molecule has 0 saturated heterocycles. The van der Waals surface area contributed by atoms with Gasteiger partial charge >= 0.3 is 5.97 Å². The van der Waals surface area contributed by atoms with E-state index in [1.165, 1.54) is 6.08 Å². The first kappa shape index (κ1) is 17.7. The van der Waals surface area contributed by atoms with E-state index in [0.29, 0.717) is 41.0 Å². The van der Waals surface area contributed by atoms with Crippen molar-refractivity contribution in [3.63, 3.8) is 0 Å². The molecule has 2 aromatic carbocycles. The lowest BCUT2D eigenvalue weighted by molar-refractivity contribution is -0.131. The molecule has 2 aromatic rings. The van der Waals surface area contributed by atoms with Gasteiger partial charge in [0.2, 0.25) is 0 Å². The molecule has 126 valence electrons. The number of carbonyl (C=O) groups is 1. The molecule has 1 N–H and O–H groups in total. The predicted molar refractivity (Wildman–Crippen MR) is 92.1 cm³/mol. The van der Waals surface area contributed by atoms with Gasteiger partial charge in [-0.25, -0.2) is 4.79 Å². The normalized spacial score (nSPS) is 10.6. The molecule has 0 unspecified atom stereocenters. The number of aliphatic carboxylic acids is 1. The van der Waals surface area contributed by atoms with E-state index < -0.39 is 5.97 Å². The smallest absolute Gasteiger partial charge is 0.328 e. The molecule has 2 rings (SSSR count). The summed E-state index contributed by atoms with van der Waals surface area (Å²) < 4.78 is 16.4. The van der Waals surface area contributed by atoms with Crippen LogP contribution >= 0.6 is 11.6 Å².